The standard InChI is InChI=1S/C16H21N5O2/c1-3-21-13(22)9-11(14(21)15-18-7-8-20(15)2)10-19-16(23)12-5-4-6-17-12/h4-8,11,14,17H,3,9-10H2,1-2H3,(H,19,23)/t11-,14+/m0/s1. The fraction of sp³-hybridized carbons (Fsp3) is 0.438. The van der Waals surface area contributed by atoms with Crippen LogP contribution < -0.4 is 5.32 Å². The minimum absolute atomic E-state index is 0.0162. The van der Waals surface area contributed by atoms with Crippen molar-refractivity contribution in [1.29, 1.82) is 0 Å². The Morgan fingerprint density at radius 3 is 2.96 bits per heavy atom. The van der Waals surface area contributed by atoms with Crippen LogP contribution in [0.1, 0.15) is 35.7 Å². The third-order valence-corrected chi connectivity index (χ3v) is 4.37. The van der Waals surface area contributed by atoms with Gasteiger partial charge in [-0.15, -0.1) is 0 Å². The van der Waals surface area contributed by atoms with E-state index >= 15 is 0 Å². The molecule has 0 unspecified atom stereocenters. The number of nitrogens with zero attached hydrogens (tertiary/aromatic N) is 3. The predicted molar refractivity (Wildman–Crippen MR) is 84.6 cm³/mol. The van der Waals surface area contributed by atoms with Gasteiger partial charge in [0.15, 0.2) is 0 Å². The summed E-state index contributed by atoms with van der Waals surface area (Å²) in [7, 11) is 1.92. The van der Waals surface area contributed by atoms with Gasteiger partial charge in [0.2, 0.25) is 5.91 Å². The number of likely N-dealkylation sites (tertiary alicyclic amines) is 1. The van der Waals surface area contributed by atoms with Gasteiger partial charge in [0.05, 0.1) is 6.04 Å². The fourth-order valence-corrected chi connectivity index (χ4v) is 3.22. The van der Waals surface area contributed by atoms with Crippen molar-refractivity contribution in [2.45, 2.75) is 19.4 Å². The molecule has 2 aromatic heterocycles. The van der Waals surface area contributed by atoms with E-state index in [1.165, 1.54) is 0 Å². The Labute approximate surface area is 134 Å². The second-order valence-electron chi connectivity index (χ2n) is 5.78. The Hall–Kier alpha value is -2.57. The maximum absolute atomic E-state index is 12.3. The van der Waals surface area contributed by atoms with Crippen LogP contribution in [0.25, 0.3) is 0 Å². The van der Waals surface area contributed by atoms with Gasteiger partial charge in [-0.25, -0.2) is 4.98 Å². The maximum Gasteiger partial charge on any atom is 0.267 e. The van der Waals surface area contributed by atoms with E-state index in [1.54, 1.807) is 24.5 Å². The summed E-state index contributed by atoms with van der Waals surface area (Å²) >= 11 is 0. The van der Waals surface area contributed by atoms with E-state index in [1.807, 2.05) is 29.6 Å². The lowest BCUT2D eigenvalue weighted by atomic mass is 9.99. The average Bonchev–Trinajstić information content (AvgIpc) is 3.24. The number of aromatic nitrogens is 3. The lowest BCUT2D eigenvalue weighted by Gasteiger charge is -2.27. The summed E-state index contributed by atoms with van der Waals surface area (Å²) in [5, 5.41) is 2.92. The smallest absolute Gasteiger partial charge is 0.267 e. The van der Waals surface area contributed by atoms with Crippen LogP contribution >= 0.6 is 0 Å². The maximum atomic E-state index is 12.3. The summed E-state index contributed by atoms with van der Waals surface area (Å²) in [5.74, 6) is 0.829. The van der Waals surface area contributed by atoms with Gasteiger partial charge in [-0.1, -0.05) is 0 Å². The molecule has 2 amide bonds. The molecular formula is C16H21N5O2. The molecule has 2 atom stereocenters. The zero-order valence-electron chi connectivity index (χ0n) is 13.3. The molecule has 0 aliphatic carbocycles. The molecular weight excluding hydrogens is 294 g/mol. The predicted octanol–water partition coefficient (Wildman–Crippen LogP) is 1.09. The molecule has 1 aliphatic rings. The van der Waals surface area contributed by atoms with Crippen LogP contribution in [0.2, 0.25) is 0 Å². The van der Waals surface area contributed by atoms with Crippen LogP contribution in [0.4, 0.5) is 0 Å². The SMILES string of the molecule is CCN1C(=O)C[C@@H](CNC(=O)c2ccc[nH]2)[C@@H]1c1nccn1C. The van der Waals surface area contributed by atoms with Crippen molar-refractivity contribution in [2.24, 2.45) is 13.0 Å². The number of hydrogen-bond donors (Lipinski definition) is 2. The highest BCUT2D eigenvalue weighted by Gasteiger charge is 2.41. The molecule has 0 saturated carbocycles. The summed E-state index contributed by atoms with van der Waals surface area (Å²) in [6, 6.07) is 3.41. The summed E-state index contributed by atoms with van der Waals surface area (Å²) < 4.78 is 1.94. The number of hydrogen-bond acceptors (Lipinski definition) is 3. The van der Waals surface area contributed by atoms with Crippen LogP contribution in [-0.4, -0.2) is 44.3 Å². The minimum atomic E-state index is -0.156. The molecule has 2 N–H and O–H groups in total. The summed E-state index contributed by atoms with van der Waals surface area (Å²) in [5.41, 5.74) is 0.523. The van der Waals surface area contributed by atoms with E-state index in [9.17, 15) is 9.59 Å². The highest BCUT2D eigenvalue weighted by atomic mass is 16.2. The van der Waals surface area contributed by atoms with Gasteiger partial charge in [-0.3, -0.25) is 9.59 Å². The van der Waals surface area contributed by atoms with Crippen molar-refractivity contribution in [3.63, 3.8) is 0 Å². The molecule has 0 spiro atoms. The Balaban J connectivity index is 1.75. The van der Waals surface area contributed by atoms with Gasteiger partial charge in [-0.05, 0) is 19.1 Å². The van der Waals surface area contributed by atoms with Crippen LogP contribution in [-0.2, 0) is 11.8 Å². The molecule has 2 aromatic rings. The van der Waals surface area contributed by atoms with Crippen molar-refractivity contribution >= 4 is 11.8 Å². The molecule has 7 heteroatoms. The normalized spacial score (nSPS) is 21.0. The number of aryl methyl sites for hydroxylation is 1. The largest absolute Gasteiger partial charge is 0.357 e. The van der Waals surface area contributed by atoms with E-state index in [4.69, 9.17) is 0 Å². The Kier molecular flexibility index (Phi) is 4.18. The molecule has 0 radical (unpaired) electrons. The Morgan fingerprint density at radius 1 is 1.52 bits per heavy atom. The third-order valence-electron chi connectivity index (χ3n) is 4.37. The first kappa shape index (κ1) is 15.3. The Morgan fingerprint density at radius 2 is 2.35 bits per heavy atom. The average molecular weight is 315 g/mol. The van der Waals surface area contributed by atoms with E-state index in [0.29, 0.717) is 25.2 Å². The number of carbonyl (C=O) groups is 2. The van der Waals surface area contributed by atoms with Crippen molar-refractivity contribution in [3.05, 3.63) is 42.2 Å². The molecule has 3 heterocycles. The molecule has 0 bridgehead atoms. The van der Waals surface area contributed by atoms with E-state index in [-0.39, 0.29) is 23.8 Å². The number of aromatic amines is 1. The van der Waals surface area contributed by atoms with Crippen molar-refractivity contribution in [1.82, 2.24) is 24.8 Å². The van der Waals surface area contributed by atoms with Crippen LogP contribution in [0.15, 0.2) is 30.7 Å². The molecule has 1 aliphatic heterocycles. The van der Waals surface area contributed by atoms with Crippen LogP contribution in [0.5, 0.6) is 0 Å². The quantitative estimate of drug-likeness (QED) is 0.866. The fourth-order valence-electron chi connectivity index (χ4n) is 3.22. The molecule has 7 nitrogen and oxygen atoms in total. The van der Waals surface area contributed by atoms with Gasteiger partial charge in [0, 0.05) is 51.1 Å². The summed E-state index contributed by atoms with van der Waals surface area (Å²) in [6.45, 7) is 3.04. The Bertz CT molecular complexity index is 691. The first-order valence-electron chi connectivity index (χ1n) is 7.80. The summed E-state index contributed by atoms with van der Waals surface area (Å²) in [6.07, 6.45) is 5.75. The number of rotatable bonds is 5. The van der Waals surface area contributed by atoms with Gasteiger partial charge in [0.25, 0.3) is 5.91 Å². The van der Waals surface area contributed by atoms with Crippen molar-refractivity contribution in [2.75, 3.05) is 13.1 Å². The second-order valence-corrected chi connectivity index (χ2v) is 5.78. The monoisotopic (exact) mass is 315 g/mol. The van der Waals surface area contributed by atoms with Gasteiger partial charge in [-0.2, -0.15) is 0 Å². The number of nitrogens with one attached hydrogen (secondary N) is 2. The van der Waals surface area contributed by atoms with Crippen molar-refractivity contribution in [3.8, 4) is 0 Å². The lowest BCUT2D eigenvalue weighted by molar-refractivity contribution is -0.128. The van der Waals surface area contributed by atoms with E-state index in [2.05, 4.69) is 15.3 Å². The number of carbonyl (C=O) groups excluding carboxylic acids is 2. The number of amides is 2. The second kappa shape index (κ2) is 6.28. The third kappa shape index (κ3) is 2.86. The molecule has 3 rings (SSSR count). The molecule has 122 valence electrons. The van der Waals surface area contributed by atoms with Gasteiger partial charge in [0.1, 0.15) is 11.5 Å². The topological polar surface area (TPSA) is 83.0 Å². The zero-order chi connectivity index (χ0) is 16.4. The van der Waals surface area contributed by atoms with Crippen LogP contribution in [0, 0.1) is 5.92 Å². The molecule has 1 saturated heterocycles. The van der Waals surface area contributed by atoms with Crippen molar-refractivity contribution < 1.29 is 9.59 Å². The number of imidazole rings is 1. The van der Waals surface area contributed by atoms with Gasteiger partial charge < -0.3 is 19.8 Å². The molecule has 0 aromatic carbocycles. The highest BCUT2D eigenvalue weighted by molar-refractivity contribution is 5.92. The molecule has 1 fully saturated rings. The van der Waals surface area contributed by atoms with E-state index in [0.717, 1.165) is 5.82 Å². The van der Waals surface area contributed by atoms with Crippen LogP contribution in [0.3, 0.4) is 0 Å². The first-order valence-corrected chi connectivity index (χ1v) is 7.80. The number of H-pyrrole nitrogens is 1. The minimum Gasteiger partial charge on any atom is -0.357 e. The first-order chi connectivity index (χ1) is 11.1. The summed E-state index contributed by atoms with van der Waals surface area (Å²) in [4.78, 5) is 33.5. The van der Waals surface area contributed by atoms with Gasteiger partial charge >= 0.3 is 0 Å². The lowest BCUT2D eigenvalue weighted by Crippen LogP contribution is -2.35. The zero-order valence-corrected chi connectivity index (χ0v) is 13.3. The van der Waals surface area contributed by atoms with E-state index < -0.39 is 0 Å². The highest BCUT2D eigenvalue weighted by Crippen LogP contribution is 2.36. The molecule has 23 heavy (non-hydrogen) atoms.